The van der Waals surface area contributed by atoms with E-state index in [9.17, 15) is 4.79 Å². The summed E-state index contributed by atoms with van der Waals surface area (Å²) < 4.78 is 0. The van der Waals surface area contributed by atoms with Crippen LogP contribution in [0.25, 0.3) is 0 Å². The van der Waals surface area contributed by atoms with Crippen molar-refractivity contribution in [1.29, 1.82) is 0 Å². The first-order valence-electron chi connectivity index (χ1n) is 5.56. The molecule has 4 heteroatoms. The van der Waals surface area contributed by atoms with E-state index in [4.69, 9.17) is 0 Å². The lowest BCUT2D eigenvalue weighted by molar-refractivity contribution is 0.0992. The number of nitrogens with zero attached hydrogens (tertiary/aromatic N) is 2. The summed E-state index contributed by atoms with van der Waals surface area (Å²) >= 11 is 3.38. The minimum atomic E-state index is -0.0603. The van der Waals surface area contributed by atoms with Gasteiger partial charge in [-0.1, -0.05) is 34.1 Å². The Kier molecular flexibility index (Phi) is 4.10. The first kappa shape index (κ1) is 12.8. The van der Waals surface area contributed by atoms with Crippen molar-refractivity contribution in [2.45, 2.75) is 5.33 Å². The van der Waals surface area contributed by atoms with E-state index >= 15 is 0 Å². The van der Waals surface area contributed by atoms with E-state index in [1.54, 1.807) is 18.1 Å². The van der Waals surface area contributed by atoms with Gasteiger partial charge in [0.1, 0.15) is 5.82 Å². The summed E-state index contributed by atoms with van der Waals surface area (Å²) in [6.07, 6.45) is 1.67. The molecule has 2 aromatic rings. The summed E-state index contributed by atoms with van der Waals surface area (Å²) in [4.78, 5) is 17.9. The third-order valence-electron chi connectivity index (χ3n) is 2.65. The van der Waals surface area contributed by atoms with Crippen molar-refractivity contribution in [3.63, 3.8) is 0 Å². The molecule has 0 bridgehead atoms. The summed E-state index contributed by atoms with van der Waals surface area (Å²) in [5.41, 5.74) is 1.81. The second-order valence-electron chi connectivity index (χ2n) is 3.88. The molecule has 0 aliphatic heterocycles. The van der Waals surface area contributed by atoms with E-state index in [-0.39, 0.29) is 5.91 Å². The number of hydrogen-bond donors (Lipinski definition) is 0. The second kappa shape index (κ2) is 5.78. The molecule has 92 valence electrons. The van der Waals surface area contributed by atoms with Crippen LogP contribution >= 0.6 is 15.9 Å². The Morgan fingerprint density at radius 1 is 1.22 bits per heavy atom. The highest BCUT2D eigenvalue weighted by atomic mass is 79.9. The van der Waals surface area contributed by atoms with E-state index in [0.717, 1.165) is 10.9 Å². The zero-order valence-electron chi connectivity index (χ0n) is 10.0. The van der Waals surface area contributed by atoms with E-state index in [2.05, 4.69) is 20.9 Å². The molecule has 1 heterocycles. The maximum atomic E-state index is 12.2. The Hall–Kier alpha value is -1.68. The van der Waals surface area contributed by atoms with Crippen LogP contribution in [0, 0.1) is 0 Å². The van der Waals surface area contributed by atoms with Crippen molar-refractivity contribution in [2.75, 3.05) is 11.9 Å². The first-order chi connectivity index (χ1) is 8.72. The van der Waals surface area contributed by atoms with Crippen LogP contribution in [-0.4, -0.2) is 17.9 Å². The molecule has 0 N–H and O–H groups in total. The molecule has 0 unspecified atom stereocenters. The molecule has 1 aromatic heterocycles. The van der Waals surface area contributed by atoms with Crippen LogP contribution in [-0.2, 0) is 5.33 Å². The predicted octanol–water partition coefficient (Wildman–Crippen LogP) is 3.25. The number of carbonyl (C=O) groups excluding carboxylic acids is 1. The van der Waals surface area contributed by atoms with Gasteiger partial charge >= 0.3 is 0 Å². The number of amides is 1. The SMILES string of the molecule is CN(C(=O)c1ccc(CBr)cc1)c1ccccn1. The van der Waals surface area contributed by atoms with Gasteiger partial charge in [-0.15, -0.1) is 0 Å². The van der Waals surface area contributed by atoms with Gasteiger partial charge in [-0.3, -0.25) is 9.69 Å². The van der Waals surface area contributed by atoms with Crippen LogP contribution in [0.4, 0.5) is 5.82 Å². The Morgan fingerprint density at radius 2 is 1.94 bits per heavy atom. The van der Waals surface area contributed by atoms with E-state index in [1.807, 2.05) is 42.5 Å². The molecule has 2 rings (SSSR count). The molecule has 0 atom stereocenters. The highest BCUT2D eigenvalue weighted by Crippen LogP contribution is 2.13. The predicted molar refractivity (Wildman–Crippen MR) is 76.0 cm³/mol. The molecule has 0 aliphatic carbocycles. The van der Waals surface area contributed by atoms with Crippen LogP contribution in [0.15, 0.2) is 48.7 Å². The standard InChI is InChI=1S/C14H13BrN2O/c1-17(13-4-2-3-9-16-13)14(18)12-7-5-11(10-15)6-8-12/h2-9H,10H2,1H3. The maximum Gasteiger partial charge on any atom is 0.259 e. The minimum absolute atomic E-state index is 0.0603. The number of benzene rings is 1. The summed E-state index contributed by atoms with van der Waals surface area (Å²) in [7, 11) is 1.73. The number of aromatic nitrogens is 1. The summed E-state index contributed by atoms with van der Waals surface area (Å²) in [6.45, 7) is 0. The van der Waals surface area contributed by atoms with Crippen molar-refractivity contribution in [3.8, 4) is 0 Å². The van der Waals surface area contributed by atoms with Gasteiger partial charge in [0.15, 0.2) is 0 Å². The van der Waals surface area contributed by atoms with Gasteiger partial charge in [0.2, 0.25) is 0 Å². The Labute approximate surface area is 115 Å². The molecule has 18 heavy (non-hydrogen) atoms. The molecule has 0 saturated heterocycles. The van der Waals surface area contributed by atoms with Crippen molar-refractivity contribution >= 4 is 27.7 Å². The van der Waals surface area contributed by atoms with Crippen molar-refractivity contribution < 1.29 is 4.79 Å². The molecule has 1 amide bonds. The summed E-state index contributed by atoms with van der Waals surface area (Å²) in [6, 6.07) is 13.0. The van der Waals surface area contributed by atoms with Crippen molar-refractivity contribution in [1.82, 2.24) is 4.98 Å². The normalized spacial score (nSPS) is 10.1. The monoisotopic (exact) mass is 304 g/mol. The lowest BCUT2D eigenvalue weighted by Gasteiger charge is -2.16. The third-order valence-corrected chi connectivity index (χ3v) is 3.30. The van der Waals surface area contributed by atoms with Gasteiger partial charge in [-0.05, 0) is 29.8 Å². The van der Waals surface area contributed by atoms with Gasteiger partial charge < -0.3 is 0 Å². The molecule has 0 spiro atoms. The number of hydrogen-bond acceptors (Lipinski definition) is 2. The van der Waals surface area contributed by atoms with Gasteiger partial charge in [0, 0.05) is 24.1 Å². The number of alkyl halides is 1. The molecule has 0 saturated carbocycles. The molecular weight excluding hydrogens is 292 g/mol. The fourth-order valence-electron chi connectivity index (χ4n) is 1.59. The zero-order chi connectivity index (χ0) is 13.0. The zero-order valence-corrected chi connectivity index (χ0v) is 11.6. The van der Waals surface area contributed by atoms with Crippen molar-refractivity contribution in [2.24, 2.45) is 0 Å². The van der Waals surface area contributed by atoms with Gasteiger partial charge in [-0.2, -0.15) is 0 Å². The lowest BCUT2D eigenvalue weighted by Crippen LogP contribution is -2.26. The first-order valence-corrected chi connectivity index (χ1v) is 6.68. The van der Waals surface area contributed by atoms with Crippen LogP contribution in [0.2, 0.25) is 0 Å². The molecule has 0 fully saturated rings. The molecule has 3 nitrogen and oxygen atoms in total. The Balaban J connectivity index is 2.20. The third kappa shape index (κ3) is 2.76. The Morgan fingerprint density at radius 3 is 2.50 bits per heavy atom. The highest BCUT2D eigenvalue weighted by Gasteiger charge is 2.13. The topological polar surface area (TPSA) is 33.2 Å². The second-order valence-corrected chi connectivity index (χ2v) is 4.44. The number of carbonyl (C=O) groups is 1. The molecular formula is C14H13BrN2O. The average Bonchev–Trinajstić information content (AvgIpc) is 2.47. The van der Waals surface area contributed by atoms with E-state index < -0.39 is 0 Å². The van der Waals surface area contributed by atoms with Crippen LogP contribution in [0.1, 0.15) is 15.9 Å². The lowest BCUT2D eigenvalue weighted by atomic mass is 10.1. The van der Waals surface area contributed by atoms with Crippen LogP contribution in [0.5, 0.6) is 0 Å². The largest absolute Gasteiger partial charge is 0.296 e. The Bertz CT molecular complexity index is 525. The number of pyridine rings is 1. The highest BCUT2D eigenvalue weighted by molar-refractivity contribution is 9.08. The van der Waals surface area contributed by atoms with Crippen molar-refractivity contribution in [3.05, 3.63) is 59.8 Å². The summed E-state index contributed by atoms with van der Waals surface area (Å²) in [5.74, 6) is 0.585. The van der Waals surface area contributed by atoms with Crippen LogP contribution in [0.3, 0.4) is 0 Å². The van der Waals surface area contributed by atoms with Gasteiger partial charge in [-0.25, -0.2) is 4.98 Å². The van der Waals surface area contributed by atoms with Gasteiger partial charge in [0.05, 0.1) is 0 Å². The molecule has 0 radical (unpaired) electrons. The number of anilines is 1. The maximum absolute atomic E-state index is 12.2. The van der Waals surface area contributed by atoms with E-state index in [0.29, 0.717) is 11.4 Å². The fourth-order valence-corrected chi connectivity index (χ4v) is 1.96. The smallest absolute Gasteiger partial charge is 0.259 e. The number of rotatable bonds is 3. The number of halogens is 1. The fraction of sp³-hybridized carbons (Fsp3) is 0.143. The summed E-state index contributed by atoms with van der Waals surface area (Å²) in [5, 5.41) is 0.789. The van der Waals surface area contributed by atoms with Crippen LogP contribution < -0.4 is 4.90 Å². The average molecular weight is 305 g/mol. The molecule has 1 aromatic carbocycles. The minimum Gasteiger partial charge on any atom is -0.296 e. The quantitative estimate of drug-likeness (QED) is 0.816. The van der Waals surface area contributed by atoms with Gasteiger partial charge in [0.25, 0.3) is 5.91 Å². The molecule has 0 aliphatic rings. The van der Waals surface area contributed by atoms with E-state index in [1.165, 1.54) is 0 Å².